The van der Waals surface area contributed by atoms with E-state index in [2.05, 4.69) is 0 Å². The van der Waals surface area contributed by atoms with E-state index in [1.54, 1.807) is 48.5 Å². The largest absolute Gasteiger partial charge is 0.356 e. The number of aliphatic hydroxyl groups is 1. The van der Waals surface area contributed by atoms with Gasteiger partial charge in [0.05, 0.1) is 0 Å². The lowest BCUT2D eigenvalue weighted by Crippen LogP contribution is -2.37. The highest BCUT2D eigenvalue weighted by molar-refractivity contribution is 6.01. The van der Waals surface area contributed by atoms with E-state index in [0.29, 0.717) is 11.1 Å². The number of hydrogen-bond donors (Lipinski definition) is 1. The molecule has 92 valence electrons. The molecule has 0 heterocycles. The summed E-state index contributed by atoms with van der Waals surface area (Å²) in [4.78, 5) is 12.3. The molecule has 0 saturated heterocycles. The van der Waals surface area contributed by atoms with Crippen molar-refractivity contribution in [3.63, 3.8) is 0 Å². The average Bonchev–Trinajstić information content (AvgIpc) is 2.47. The molecule has 0 radical (unpaired) electrons. The third kappa shape index (κ3) is 2.18. The van der Waals surface area contributed by atoms with Crippen molar-refractivity contribution < 1.29 is 14.6 Å². The van der Waals surface area contributed by atoms with Crippen LogP contribution in [0.1, 0.15) is 15.9 Å². The van der Waals surface area contributed by atoms with Crippen LogP contribution in [0.25, 0.3) is 0 Å². The van der Waals surface area contributed by atoms with Gasteiger partial charge in [-0.15, -0.1) is 0 Å². The summed E-state index contributed by atoms with van der Waals surface area (Å²) in [6.45, 7) is 0. The number of ketones is 1. The summed E-state index contributed by atoms with van der Waals surface area (Å²) < 4.78 is 5.05. The molecule has 1 atom stereocenters. The van der Waals surface area contributed by atoms with Crippen molar-refractivity contribution in [2.45, 2.75) is 5.79 Å². The van der Waals surface area contributed by atoms with E-state index in [0.717, 1.165) is 0 Å². The monoisotopic (exact) mass is 242 g/mol. The third-order valence-corrected chi connectivity index (χ3v) is 2.80. The molecular weight excluding hydrogens is 228 g/mol. The van der Waals surface area contributed by atoms with Gasteiger partial charge in [-0.25, -0.2) is 0 Å². The molecule has 0 saturated carbocycles. The van der Waals surface area contributed by atoms with Crippen molar-refractivity contribution in [1.82, 2.24) is 0 Å². The fraction of sp³-hybridized carbons (Fsp3) is 0.133. The van der Waals surface area contributed by atoms with Crippen molar-refractivity contribution in [2.75, 3.05) is 7.11 Å². The zero-order valence-corrected chi connectivity index (χ0v) is 10.0. The molecule has 0 unspecified atom stereocenters. The number of carbonyl (C=O) groups excluding carboxylic acids is 1. The van der Waals surface area contributed by atoms with Gasteiger partial charge < -0.3 is 9.84 Å². The minimum absolute atomic E-state index is 0.408. The highest BCUT2D eigenvalue weighted by atomic mass is 16.6. The molecule has 0 aliphatic heterocycles. The van der Waals surface area contributed by atoms with Gasteiger partial charge in [0, 0.05) is 18.2 Å². The van der Waals surface area contributed by atoms with Gasteiger partial charge in [0.15, 0.2) is 0 Å². The van der Waals surface area contributed by atoms with Crippen LogP contribution < -0.4 is 0 Å². The number of ether oxygens (including phenoxy) is 1. The minimum Gasteiger partial charge on any atom is -0.356 e. The van der Waals surface area contributed by atoms with Crippen LogP contribution in [0.3, 0.4) is 0 Å². The van der Waals surface area contributed by atoms with Gasteiger partial charge in [0.1, 0.15) is 0 Å². The molecule has 0 amide bonds. The fourth-order valence-corrected chi connectivity index (χ4v) is 1.79. The van der Waals surface area contributed by atoms with E-state index in [-0.39, 0.29) is 0 Å². The topological polar surface area (TPSA) is 46.5 Å². The van der Waals surface area contributed by atoms with Crippen molar-refractivity contribution in [1.29, 1.82) is 0 Å². The lowest BCUT2D eigenvalue weighted by Gasteiger charge is -2.25. The Hall–Kier alpha value is -1.97. The van der Waals surface area contributed by atoms with Crippen LogP contribution >= 0.6 is 0 Å². The van der Waals surface area contributed by atoms with Crippen LogP contribution in [0, 0.1) is 0 Å². The zero-order chi connectivity index (χ0) is 13.0. The van der Waals surface area contributed by atoms with Gasteiger partial charge in [0.2, 0.25) is 5.78 Å². The first-order valence-electron chi connectivity index (χ1n) is 5.61. The highest BCUT2D eigenvalue weighted by Crippen LogP contribution is 2.26. The summed E-state index contributed by atoms with van der Waals surface area (Å²) in [5.74, 6) is -2.42. The average molecular weight is 242 g/mol. The maximum atomic E-state index is 12.3. The molecule has 3 nitrogen and oxygen atoms in total. The molecule has 0 fully saturated rings. The number of benzene rings is 2. The predicted molar refractivity (Wildman–Crippen MR) is 68.1 cm³/mol. The Morgan fingerprint density at radius 2 is 1.50 bits per heavy atom. The molecule has 18 heavy (non-hydrogen) atoms. The Labute approximate surface area is 106 Å². The van der Waals surface area contributed by atoms with E-state index < -0.39 is 11.6 Å². The number of rotatable bonds is 4. The van der Waals surface area contributed by atoms with E-state index in [1.165, 1.54) is 7.11 Å². The van der Waals surface area contributed by atoms with Crippen LogP contribution in [-0.4, -0.2) is 18.0 Å². The van der Waals surface area contributed by atoms with Crippen molar-refractivity contribution >= 4 is 5.78 Å². The Bertz CT molecular complexity index is 522. The Morgan fingerprint density at radius 1 is 1.00 bits per heavy atom. The van der Waals surface area contributed by atoms with E-state index in [9.17, 15) is 9.90 Å². The lowest BCUT2D eigenvalue weighted by molar-refractivity contribution is -0.153. The maximum absolute atomic E-state index is 12.3. The molecule has 0 aliphatic rings. The van der Waals surface area contributed by atoms with Crippen LogP contribution in [-0.2, 0) is 10.5 Å². The van der Waals surface area contributed by atoms with Gasteiger partial charge >= 0.3 is 0 Å². The van der Waals surface area contributed by atoms with Crippen LogP contribution in [0.4, 0.5) is 0 Å². The quantitative estimate of drug-likeness (QED) is 0.661. The molecular formula is C15H14O3. The summed E-state index contributed by atoms with van der Waals surface area (Å²) >= 11 is 0. The van der Waals surface area contributed by atoms with Gasteiger partial charge in [-0.2, -0.15) is 0 Å². The summed E-state index contributed by atoms with van der Waals surface area (Å²) in [7, 11) is 1.31. The first-order chi connectivity index (χ1) is 8.68. The third-order valence-electron chi connectivity index (χ3n) is 2.80. The van der Waals surface area contributed by atoms with Crippen LogP contribution in [0.5, 0.6) is 0 Å². The van der Waals surface area contributed by atoms with Crippen molar-refractivity contribution in [2.24, 2.45) is 0 Å². The molecule has 0 aromatic heterocycles. The Kier molecular flexibility index (Phi) is 3.55. The second-order valence-corrected chi connectivity index (χ2v) is 3.91. The first kappa shape index (κ1) is 12.5. The first-order valence-corrected chi connectivity index (χ1v) is 5.61. The normalized spacial score (nSPS) is 13.9. The van der Waals surface area contributed by atoms with Gasteiger partial charge in [-0.3, -0.25) is 4.79 Å². The van der Waals surface area contributed by atoms with Gasteiger partial charge in [-0.1, -0.05) is 60.7 Å². The van der Waals surface area contributed by atoms with Crippen molar-refractivity contribution in [3.8, 4) is 0 Å². The van der Waals surface area contributed by atoms with Gasteiger partial charge in [-0.05, 0) is 0 Å². The lowest BCUT2D eigenvalue weighted by atomic mass is 9.96. The molecule has 3 heteroatoms. The molecule has 2 aromatic carbocycles. The summed E-state index contributed by atoms with van der Waals surface area (Å²) in [6.07, 6.45) is 0. The minimum atomic E-state index is -1.94. The van der Waals surface area contributed by atoms with Gasteiger partial charge in [0.25, 0.3) is 5.79 Å². The van der Waals surface area contributed by atoms with Crippen LogP contribution in [0.15, 0.2) is 60.7 Å². The Balaban J connectivity index is 2.43. The summed E-state index contributed by atoms with van der Waals surface area (Å²) in [5.41, 5.74) is 0.826. The van der Waals surface area contributed by atoms with E-state index in [1.807, 2.05) is 12.1 Å². The molecule has 1 N–H and O–H groups in total. The molecule has 0 aliphatic carbocycles. The fourth-order valence-electron chi connectivity index (χ4n) is 1.79. The molecule has 2 aromatic rings. The Morgan fingerprint density at radius 3 is 2.00 bits per heavy atom. The SMILES string of the molecule is CO[C@@](O)(C(=O)c1ccccc1)c1ccccc1. The molecule has 0 bridgehead atoms. The highest BCUT2D eigenvalue weighted by Gasteiger charge is 2.38. The smallest absolute Gasteiger partial charge is 0.258 e. The summed E-state index contributed by atoms with van der Waals surface area (Å²) in [5, 5.41) is 10.4. The number of methoxy groups -OCH3 is 1. The predicted octanol–water partition coefficient (Wildman–Crippen LogP) is 2.36. The number of hydrogen-bond acceptors (Lipinski definition) is 3. The summed E-state index contributed by atoms with van der Waals surface area (Å²) in [6, 6.07) is 17.2. The van der Waals surface area contributed by atoms with Crippen molar-refractivity contribution in [3.05, 3.63) is 71.8 Å². The van der Waals surface area contributed by atoms with Crippen LogP contribution in [0.2, 0.25) is 0 Å². The maximum Gasteiger partial charge on any atom is 0.258 e. The van der Waals surface area contributed by atoms with E-state index in [4.69, 9.17) is 4.74 Å². The van der Waals surface area contributed by atoms with E-state index >= 15 is 0 Å². The number of carbonyl (C=O) groups is 1. The second kappa shape index (κ2) is 5.12. The molecule has 2 rings (SSSR count). The second-order valence-electron chi connectivity index (χ2n) is 3.91. The standard InChI is InChI=1S/C15H14O3/c1-18-15(17,13-10-6-3-7-11-13)14(16)12-8-4-2-5-9-12/h2-11,17H,1H3/t15-/m1/s1. The zero-order valence-electron chi connectivity index (χ0n) is 10.0. The molecule has 0 spiro atoms. The number of Topliss-reactive ketones (excluding diaryl/α,β-unsaturated/α-hetero) is 1.